The number of hydrogen-bond donors (Lipinski definition) is 1. The van der Waals surface area contributed by atoms with Gasteiger partial charge < -0.3 is 14.9 Å². The van der Waals surface area contributed by atoms with Crippen LogP contribution in [0.2, 0.25) is 10.0 Å². The second-order valence-electron chi connectivity index (χ2n) is 11.1. The monoisotopic (exact) mass is 626 g/mol. The van der Waals surface area contributed by atoms with Crippen LogP contribution in [-0.4, -0.2) is 25.0 Å². The SMILES string of the molecule is Fc1c(Cl)cc(Cl)cc1C1ON=C(c2ccc3c(c2)[C@H](C(c2ccccc2)c2ccccc2)OC32CNC2)C1C(F)(F)F. The molecule has 0 saturated carbocycles. The Morgan fingerprint density at radius 2 is 1.51 bits per heavy atom. The summed E-state index contributed by atoms with van der Waals surface area (Å²) in [6.07, 6.45) is -7.10. The van der Waals surface area contributed by atoms with Crippen LogP contribution in [0.4, 0.5) is 17.6 Å². The lowest BCUT2D eigenvalue weighted by atomic mass is 9.79. The molecule has 220 valence electrons. The van der Waals surface area contributed by atoms with Gasteiger partial charge in [0.05, 0.1) is 11.1 Å². The summed E-state index contributed by atoms with van der Waals surface area (Å²) in [5.41, 5.74) is 2.60. The Balaban J connectivity index is 1.34. The van der Waals surface area contributed by atoms with E-state index in [0.717, 1.165) is 34.4 Å². The summed E-state index contributed by atoms with van der Waals surface area (Å²) in [5.74, 6) is -3.52. The minimum absolute atomic E-state index is 0.0100. The van der Waals surface area contributed by atoms with Crippen LogP contribution in [0.5, 0.6) is 0 Å². The van der Waals surface area contributed by atoms with E-state index in [1.54, 1.807) is 12.1 Å². The van der Waals surface area contributed by atoms with Gasteiger partial charge in [0, 0.05) is 35.2 Å². The maximum atomic E-state index is 15.0. The Hall–Kier alpha value is -3.43. The fourth-order valence-electron chi connectivity index (χ4n) is 6.43. The number of ether oxygens (including phenoxy) is 1. The number of benzene rings is 4. The van der Waals surface area contributed by atoms with E-state index in [0.29, 0.717) is 13.1 Å². The van der Waals surface area contributed by atoms with Crippen molar-refractivity contribution in [2.24, 2.45) is 11.1 Å². The van der Waals surface area contributed by atoms with Crippen molar-refractivity contribution in [1.82, 2.24) is 5.32 Å². The number of nitrogens with zero attached hydrogens (tertiary/aromatic N) is 1. The lowest BCUT2D eigenvalue weighted by Gasteiger charge is -2.40. The van der Waals surface area contributed by atoms with Crippen molar-refractivity contribution < 1.29 is 27.1 Å². The van der Waals surface area contributed by atoms with Gasteiger partial charge in [-0.1, -0.05) is 101 Å². The van der Waals surface area contributed by atoms with E-state index in [1.807, 2.05) is 66.7 Å². The zero-order chi connectivity index (χ0) is 29.9. The number of rotatable bonds is 5. The number of halogens is 6. The van der Waals surface area contributed by atoms with Crippen molar-refractivity contribution in [3.8, 4) is 0 Å². The Bertz CT molecular complexity index is 1670. The van der Waals surface area contributed by atoms with Gasteiger partial charge in [-0.05, 0) is 40.5 Å². The normalized spacial score (nSPS) is 22.3. The lowest BCUT2D eigenvalue weighted by molar-refractivity contribution is -0.178. The third kappa shape index (κ3) is 4.81. The van der Waals surface area contributed by atoms with Gasteiger partial charge in [-0.2, -0.15) is 13.2 Å². The molecule has 0 amide bonds. The first-order valence-electron chi connectivity index (χ1n) is 13.7. The van der Waals surface area contributed by atoms with Gasteiger partial charge in [-0.15, -0.1) is 0 Å². The molecular formula is C33H24Cl2F4N2O2. The Kier molecular flexibility index (Phi) is 7.01. The van der Waals surface area contributed by atoms with Gasteiger partial charge in [-0.25, -0.2) is 4.39 Å². The van der Waals surface area contributed by atoms with Crippen molar-refractivity contribution in [1.29, 1.82) is 0 Å². The highest BCUT2D eigenvalue weighted by Crippen LogP contribution is 2.54. The third-order valence-corrected chi connectivity index (χ3v) is 8.97. The standard InChI is InChI=1S/C33H24Cl2F4N2O2/c34-21-14-23(28(36)25(35)15-21)31-27(33(37,38)39)29(41-43-31)20-11-12-24-22(13-20)30(42-32(24)16-40-17-32)26(18-7-3-1-4-8-18)19-9-5-2-6-10-19/h1-15,26-27,30-31,40H,16-17H2/t27?,30-,31?/m1/s1. The summed E-state index contributed by atoms with van der Waals surface area (Å²) in [4.78, 5) is 5.31. The van der Waals surface area contributed by atoms with Gasteiger partial charge in [-0.3, -0.25) is 0 Å². The first-order chi connectivity index (χ1) is 20.7. The summed E-state index contributed by atoms with van der Waals surface area (Å²) in [6, 6.07) is 27.2. The number of alkyl halides is 3. The predicted molar refractivity (Wildman–Crippen MR) is 156 cm³/mol. The molecule has 2 unspecified atom stereocenters. The van der Waals surface area contributed by atoms with Crippen LogP contribution >= 0.6 is 23.2 Å². The second-order valence-corrected chi connectivity index (χ2v) is 11.9. The van der Waals surface area contributed by atoms with Gasteiger partial charge in [0.1, 0.15) is 23.0 Å². The molecule has 43 heavy (non-hydrogen) atoms. The fourth-order valence-corrected chi connectivity index (χ4v) is 6.94. The molecule has 3 aliphatic rings. The topological polar surface area (TPSA) is 42.9 Å². The number of fused-ring (bicyclic) bond motifs is 2. The highest BCUT2D eigenvalue weighted by atomic mass is 35.5. The Morgan fingerprint density at radius 1 is 0.860 bits per heavy atom. The van der Waals surface area contributed by atoms with Crippen molar-refractivity contribution in [2.75, 3.05) is 13.1 Å². The van der Waals surface area contributed by atoms with E-state index in [4.69, 9.17) is 32.8 Å². The largest absolute Gasteiger partial charge is 0.401 e. The summed E-state index contributed by atoms with van der Waals surface area (Å²) < 4.78 is 65.9. The smallest absolute Gasteiger partial charge is 0.386 e. The van der Waals surface area contributed by atoms with Gasteiger partial charge in [0.15, 0.2) is 6.10 Å². The molecule has 0 aromatic heterocycles. The molecule has 10 heteroatoms. The minimum atomic E-state index is -4.81. The van der Waals surface area contributed by atoms with Crippen LogP contribution in [0.15, 0.2) is 96.2 Å². The Labute approximate surface area is 255 Å². The summed E-state index contributed by atoms with van der Waals surface area (Å²) in [6.45, 7) is 1.16. The molecule has 1 saturated heterocycles. The summed E-state index contributed by atoms with van der Waals surface area (Å²) >= 11 is 11.9. The molecule has 4 aromatic rings. The zero-order valence-corrected chi connectivity index (χ0v) is 23.9. The maximum absolute atomic E-state index is 15.0. The van der Waals surface area contributed by atoms with Crippen molar-refractivity contribution in [3.05, 3.63) is 140 Å². The van der Waals surface area contributed by atoms with E-state index in [9.17, 15) is 17.6 Å². The highest BCUT2D eigenvalue weighted by Gasteiger charge is 2.56. The van der Waals surface area contributed by atoms with Crippen LogP contribution in [0.25, 0.3) is 0 Å². The highest BCUT2D eigenvalue weighted by molar-refractivity contribution is 6.34. The van der Waals surface area contributed by atoms with E-state index in [2.05, 4.69) is 10.5 Å². The molecule has 1 spiro atoms. The molecule has 0 aliphatic carbocycles. The average molecular weight is 627 g/mol. The van der Waals surface area contributed by atoms with Crippen molar-refractivity contribution >= 4 is 28.9 Å². The average Bonchev–Trinajstić information content (AvgIpc) is 3.57. The van der Waals surface area contributed by atoms with Crippen LogP contribution in [0.1, 0.15) is 51.5 Å². The van der Waals surface area contributed by atoms with Crippen molar-refractivity contribution in [3.63, 3.8) is 0 Å². The fraction of sp³-hybridized carbons (Fsp3) is 0.242. The molecule has 4 nitrogen and oxygen atoms in total. The first-order valence-corrected chi connectivity index (χ1v) is 14.5. The van der Waals surface area contributed by atoms with Crippen LogP contribution < -0.4 is 5.32 Å². The summed E-state index contributed by atoms with van der Waals surface area (Å²) in [5, 5.41) is 6.76. The van der Waals surface area contributed by atoms with Crippen LogP contribution in [-0.2, 0) is 15.2 Å². The molecule has 3 heterocycles. The quantitative estimate of drug-likeness (QED) is 0.178. The van der Waals surface area contributed by atoms with E-state index >= 15 is 0 Å². The van der Waals surface area contributed by atoms with Gasteiger partial charge in [0.25, 0.3) is 0 Å². The minimum Gasteiger partial charge on any atom is -0.386 e. The van der Waals surface area contributed by atoms with E-state index < -0.39 is 46.3 Å². The molecule has 0 bridgehead atoms. The molecule has 7 rings (SSSR count). The zero-order valence-electron chi connectivity index (χ0n) is 22.4. The molecule has 3 atom stereocenters. The predicted octanol–water partition coefficient (Wildman–Crippen LogP) is 8.49. The lowest BCUT2D eigenvalue weighted by Crippen LogP contribution is -2.56. The van der Waals surface area contributed by atoms with E-state index in [1.165, 1.54) is 0 Å². The molecule has 3 aliphatic heterocycles. The van der Waals surface area contributed by atoms with E-state index in [-0.39, 0.29) is 22.2 Å². The number of oxime groups is 1. The molecule has 1 fully saturated rings. The second kappa shape index (κ2) is 10.6. The molecule has 0 radical (unpaired) electrons. The van der Waals surface area contributed by atoms with Crippen molar-refractivity contribution in [2.45, 2.75) is 29.9 Å². The third-order valence-electron chi connectivity index (χ3n) is 8.48. The first kappa shape index (κ1) is 28.3. The molecular weight excluding hydrogens is 603 g/mol. The maximum Gasteiger partial charge on any atom is 0.401 e. The van der Waals surface area contributed by atoms with Gasteiger partial charge in [0.2, 0.25) is 0 Å². The van der Waals surface area contributed by atoms with Crippen LogP contribution in [0.3, 0.4) is 0 Å². The molecule has 1 N–H and O–H groups in total. The molecule has 4 aromatic carbocycles. The number of hydrogen-bond acceptors (Lipinski definition) is 4. The Morgan fingerprint density at radius 3 is 2.09 bits per heavy atom. The number of nitrogens with one attached hydrogen (secondary N) is 1. The van der Waals surface area contributed by atoms with Gasteiger partial charge >= 0.3 is 6.18 Å². The summed E-state index contributed by atoms with van der Waals surface area (Å²) in [7, 11) is 0. The van der Waals surface area contributed by atoms with Crippen LogP contribution in [0, 0.1) is 11.7 Å².